The van der Waals surface area contributed by atoms with Gasteiger partial charge in [0.25, 0.3) is 0 Å². The molecule has 11 rings (SSSR count). The minimum atomic E-state index is 0.673. The number of nitrogens with zero attached hydrogens (tertiary/aromatic N) is 6. The lowest BCUT2D eigenvalue weighted by molar-refractivity contribution is 1.17. The van der Waals surface area contributed by atoms with Gasteiger partial charge in [0.05, 0.1) is 44.8 Å². The van der Waals surface area contributed by atoms with E-state index in [0.717, 1.165) is 105 Å². The van der Waals surface area contributed by atoms with Gasteiger partial charge in [0.15, 0.2) is 5.82 Å². The maximum Gasteiger partial charge on any atom is 0.160 e. The van der Waals surface area contributed by atoms with Crippen molar-refractivity contribution in [2.24, 2.45) is 0 Å². The van der Waals surface area contributed by atoms with Crippen LogP contribution in [0.3, 0.4) is 0 Å². The molecule has 270 valence electrons. The average molecular weight is 741 g/mol. The largest absolute Gasteiger partial charge is 0.254 e. The predicted molar refractivity (Wildman–Crippen MR) is 236 cm³/mol. The molecule has 5 heterocycles. The molecule has 0 spiro atoms. The molecule has 0 unspecified atom stereocenters. The summed E-state index contributed by atoms with van der Waals surface area (Å²) in [7, 11) is 0. The Morgan fingerprint density at radius 3 is 1.59 bits per heavy atom. The van der Waals surface area contributed by atoms with Gasteiger partial charge in [0.2, 0.25) is 0 Å². The van der Waals surface area contributed by atoms with Gasteiger partial charge in [0.1, 0.15) is 0 Å². The van der Waals surface area contributed by atoms with Crippen molar-refractivity contribution in [3.8, 4) is 67.5 Å². The lowest BCUT2D eigenvalue weighted by atomic mass is 9.96. The zero-order valence-corrected chi connectivity index (χ0v) is 31.2. The minimum absolute atomic E-state index is 0.673. The molecule has 0 bridgehead atoms. The van der Waals surface area contributed by atoms with E-state index in [4.69, 9.17) is 19.9 Å². The van der Waals surface area contributed by atoms with Crippen molar-refractivity contribution >= 4 is 43.6 Å². The molecule has 5 aromatic heterocycles. The standard InChI is InChI=1S/C52H32N6/c1-3-9-34(10-4-1)48-32-49(58-52(57-48)36-11-5-2-6-12-36)47-26-22-40-30-38(20-24-46(40)56-47)37-19-23-45-39(29-37)21-25-44(55-45)35-17-15-33(16-18-35)43-31-41-13-7-27-53-50(41)51-42(43)14-8-28-54-51/h1-32H. The van der Waals surface area contributed by atoms with Crippen molar-refractivity contribution in [2.45, 2.75) is 0 Å². The zero-order chi connectivity index (χ0) is 38.4. The molecule has 0 radical (unpaired) electrons. The maximum atomic E-state index is 5.08. The Balaban J connectivity index is 0.879. The Labute approximate surface area is 334 Å². The first-order valence-electron chi connectivity index (χ1n) is 19.3. The van der Waals surface area contributed by atoms with Gasteiger partial charge in [-0.1, -0.05) is 121 Å². The number of hydrogen-bond donors (Lipinski definition) is 0. The predicted octanol–water partition coefficient (Wildman–Crippen LogP) is 12.7. The van der Waals surface area contributed by atoms with Gasteiger partial charge in [-0.25, -0.2) is 19.9 Å². The molecule has 0 aliphatic rings. The fraction of sp³-hybridized carbons (Fsp3) is 0. The molecule has 6 heteroatoms. The molecule has 0 N–H and O–H groups in total. The van der Waals surface area contributed by atoms with Crippen LogP contribution in [-0.2, 0) is 0 Å². The molecule has 0 atom stereocenters. The van der Waals surface area contributed by atoms with E-state index in [1.807, 2.05) is 79.1 Å². The topological polar surface area (TPSA) is 77.3 Å². The summed E-state index contributed by atoms with van der Waals surface area (Å²) in [5, 5.41) is 4.31. The molecule has 0 saturated carbocycles. The highest BCUT2D eigenvalue weighted by Crippen LogP contribution is 2.35. The van der Waals surface area contributed by atoms with Crippen LogP contribution in [0.5, 0.6) is 0 Å². The summed E-state index contributed by atoms with van der Waals surface area (Å²) in [6.45, 7) is 0. The average Bonchev–Trinajstić information content (AvgIpc) is 3.31. The summed E-state index contributed by atoms with van der Waals surface area (Å²) in [6, 6.07) is 62.7. The maximum absolute atomic E-state index is 5.08. The Kier molecular flexibility index (Phi) is 8.04. The van der Waals surface area contributed by atoms with Crippen LogP contribution in [-0.4, -0.2) is 29.9 Å². The van der Waals surface area contributed by atoms with Crippen molar-refractivity contribution in [3.05, 3.63) is 194 Å². The highest BCUT2D eigenvalue weighted by molar-refractivity contribution is 6.10. The number of benzene rings is 6. The summed E-state index contributed by atoms with van der Waals surface area (Å²) in [4.78, 5) is 29.4. The second-order valence-corrected chi connectivity index (χ2v) is 14.4. The van der Waals surface area contributed by atoms with Crippen molar-refractivity contribution in [1.29, 1.82) is 0 Å². The van der Waals surface area contributed by atoms with Gasteiger partial charge < -0.3 is 0 Å². The normalized spacial score (nSPS) is 11.4. The molecule has 0 aliphatic carbocycles. The lowest BCUT2D eigenvalue weighted by Gasteiger charge is -2.11. The van der Waals surface area contributed by atoms with E-state index < -0.39 is 0 Å². The van der Waals surface area contributed by atoms with Crippen molar-refractivity contribution in [2.75, 3.05) is 0 Å². The Morgan fingerprint density at radius 2 is 0.862 bits per heavy atom. The monoisotopic (exact) mass is 740 g/mol. The van der Waals surface area contributed by atoms with Crippen LogP contribution in [0.15, 0.2) is 194 Å². The van der Waals surface area contributed by atoms with E-state index in [9.17, 15) is 0 Å². The SMILES string of the molecule is c1ccc(-c2cc(-c3ccc4cc(-c5ccc6nc(-c7ccc(-c8cc9cccnc9c9ncccc89)cc7)ccc6c5)ccc4n3)nc(-c3ccccc3)n2)cc1. The quantitative estimate of drug-likeness (QED) is 0.158. The van der Waals surface area contributed by atoms with E-state index in [1.54, 1.807) is 0 Å². The zero-order valence-electron chi connectivity index (χ0n) is 31.2. The van der Waals surface area contributed by atoms with E-state index in [-0.39, 0.29) is 0 Å². The van der Waals surface area contributed by atoms with Gasteiger partial charge in [-0.05, 0) is 82.9 Å². The van der Waals surface area contributed by atoms with Crippen molar-refractivity contribution < 1.29 is 0 Å². The van der Waals surface area contributed by atoms with E-state index in [2.05, 4.69) is 125 Å². The third kappa shape index (κ3) is 6.10. The molecule has 0 aliphatic heterocycles. The Hall–Kier alpha value is -7.96. The molecule has 0 saturated heterocycles. The lowest BCUT2D eigenvalue weighted by Crippen LogP contribution is -1.97. The molecule has 6 nitrogen and oxygen atoms in total. The first-order chi connectivity index (χ1) is 28.7. The second kappa shape index (κ2) is 14.0. The van der Waals surface area contributed by atoms with Crippen LogP contribution in [0, 0.1) is 0 Å². The summed E-state index contributed by atoms with van der Waals surface area (Å²) < 4.78 is 0. The van der Waals surface area contributed by atoms with Gasteiger partial charge in [-0.15, -0.1) is 0 Å². The Morgan fingerprint density at radius 1 is 0.293 bits per heavy atom. The first kappa shape index (κ1) is 33.4. The fourth-order valence-electron chi connectivity index (χ4n) is 7.80. The van der Waals surface area contributed by atoms with Crippen molar-refractivity contribution in [3.63, 3.8) is 0 Å². The highest BCUT2D eigenvalue weighted by Gasteiger charge is 2.14. The summed E-state index contributed by atoms with van der Waals surface area (Å²) >= 11 is 0. The molecule has 58 heavy (non-hydrogen) atoms. The molecular formula is C52H32N6. The van der Waals surface area contributed by atoms with Crippen LogP contribution in [0.1, 0.15) is 0 Å². The van der Waals surface area contributed by atoms with Crippen molar-refractivity contribution in [1.82, 2.24) is 29.9 Å². The van der Waals surface area contributed by atoms with Crippen LogP contribution < -0.4 is 0 Å². The van der Waals surface area contributed by atoms with Crippen LogP contribution in [0.25, 0.3) is 111 Å². The second-order valence-electron chi connectivity index (χ2n) is 14.4. The number of hydrogen-bond acceptors (Lipinski definition) is 6. The molecule has 6 aromatic carbocycles. The third-order valence-corrected chi connectivity index (χ3v) is 10.8. The summed E-state index contributed by atoms with van der Waals surface area (Å²) in [6.07, 6.45) is 3.65. The number of fused-ring (bicyclic) bond motifs is 5. The Bertz CT molecular complexity index is 3270. The van der Waals surface area contributed by atoms with E-state index in [0.29, 0.717) is 5.82 Å². The smallest absolute Gasteiger partial charge is 0.160 e. The molecule has 0 amide bonds. The van der Waals surface area contributed by atoms with Gasteiger partial charge in [0, 0.05) is 50.6 Å². The van der Waals surface area contributed by atoms with E-state index in [1.165, 1.54) is 0 Å². The summed E-state index contributed by atoms with van der Waals surface area (Å²) in [5.74, 6) is 0.673. The summed E-state index contributed by atoms with van der Waals surface area (Å²) in [5.41, 5.74) is 14.6. The third-order valence-electron chi connectivity index (χ3n) is 10.8. The van der Waals surface area contributed by atoms with Gasteiger partial charge >= 0.3 is 0 Å². The van der Waals surface area contributed by atoms with Crippen LogP contribution >= 0.6 is 0 Å². The number of rotatable bonds is 6. The minimum Gasteiger partial charge on any atom is -0.254 e. The highest BCUT2D eigenvalue weighted by atomic mass is 14.9. The molecule has 11 aromatic rings. The van der Waals surface area contributed by atoms with Crippen LogP contribution in [0.2, 0.25) is 0 Å². The molecule has 0 fully saturated rings. The number of aromatic nitrogens is 6. The van der Waals surface area contributed by atoms with Gasteiger partial charge in [-0.2, -0.15) is 0 Å². The van der Waals surface area contributed by atoms with Crippen LogP contribution in [0.4, 0.5) is 0 Å². The molecular weight excluding hydrogens is 709 g/mol. The number of pyridine rings is 4. The van der Waals surface area contributed by atoms with E-state index >= 15 is 0 Å². The van der Waals surface area contributed by atoms with Gasteiger partial charge in [-0.3, -0.25) is 9.97 Å². The first-order valence-corrected chi connectivity index (χ1v) is 19.3. The fourth-order valence-corrected chi connectivity index (χ4v) is 7.80.